The van der Waals surface area contributed by atoms with Crippen LogP contribution in [-0.4, -0.2) is 27.1 Å². The first-order valence-electron chi connectivity index (χ1n) is 5.56. The second-order valence-electron chi connectivity index (χ2n) is 4.01. The first kappa shape index (κ1) is 10.6. The van der Waals surface area contributed by atoms with Gasteiger partial charge in [0, 0.05) is 18.9 Å². The van der Waals surface area contributed by atoms with Crippen LogP contribution in [0.25, 0.3) is 11.0 Å². The van der Waals surface area contributed by atoms with Crippen molar-refractivity contribution in [3.05, 3.63) is 42.9 Å². The van der Waals surface area contributed by atoms with Gasteiger partial charge in [-0.25, -0.2) is 9.97 Å². The van der Waals surface area contributed by atoms with Crippen LogP contribution in [-0.2, 0) is 0 Å². The number of rotatable bonds is 2. The number of nitrogens with zero attached hydrogens (tertiary/aromatic N) is 3. The first-order valence-corrected chi connectivity index (χ1v) is 5.56. The van der Waals surface area contributed by atoms with Crippen LogP contribution in [0.5, 0.6) is 5.75 Å². The molecule has 2 heterocycles. The molecule has 0 saturated carbocycles. The van der Waals surface area contributed by atoms with Gasteiger partial charge in [0.05, 0.1) is 5.39 Å². The molecular formula is C13H12N4O. The van der Waals surface area contributed by atoms with Crippen molar-refractivity contribution in [3.63, 3.8) is 0 Å². The smallest absolute Gasteiger partial charge is 0.145 e. The Balaban J connectivity index is 2.08. The molecule has 5 nitrogen and oxygen atoms in total. The lowest BCUT2D eigenvalue weighted by Gasteiger charge is -2.18. The van der Waals surface area contributed by atoms with E-state index in [1.54, 1.807) is 12.1 Å². The lowest BCUT2D eigenvalue weighted by Crippen LogP contribution is -2.11. The number of phenols is 1. The lowest BCUT2D eigenvalue weighted by molar-refractivity contribution is 0.475. The number of aromatic amines is 1. The van der Waals surface area contributed by atoms with Crippen LogP contribution in [0.15, 0.2) is 42.9 Å². The van der Waals surface area contributed by atoms with Crippen molar-refractivity contribution in [2.75, 3.05) is 11.9 Å². The highest BCUT2D eigenvalue weighted by Gasteiger charge is 2.10. The summed E-state index contributed by atoms with van der Waals surface area (Å²) >= 11 is 0. The third-order valence-electron chi connectivity index (χ3n) is 2.89. The Morgan fingerprint density at radius 3 is 2.67 bits per heavy atom. The molecule has 0 atom stereocenters. The van der Waals surface area contributed by atoms with Crippen LogP contribution in [0.2, 0.25) is 0 Å². The minimum absolute atomic E-state index is 0.252. The zero-order valence-electron chi connectivity index (χ0n) is 9.83. The van der Waals surface area contributed by atoms with Crippen LogP contribution in [0.3, 0.4) is 0 Å². The van der Waals surface area contributed by atoms with E-state index in [0.717, 1.165) is 22.5 Å². The molecule has 18 heavy (non-hydrogen) atoms. The topological polar surface area (TPSA) is 65.0 Å². The van der Waals surface area contributed by atoms with Gasteiger partial charge in [-0.05, 0) is 30.3 Å². The Hall–Kier alpha value is -2.56. The fourth-order valence-electron chi connectivity index (χ4n) is 1.92. The van der Waals surface area contributed by atoms with Crippen LogP contribution < -0.4 is 4.90 Å². The van der Waals surface area contributed by atoms with E-state index in [4.69, 9.17) is 0 Å². The Bertz CT molecular complexity index is 675. The molecule has 3 rings (SSSR count). The standard InChI is InChI=1S/C13H12N4O/c1-17(9-2-4-10(18)5-3-9)13-11-6-7-14-12(11)15-8-16-13/h2-8,18H,1H3,(H,14,15,16). The number of phenolic OH excluding ortho intramolecular Hbond substituents is 1. The average molecular weight is 240 g/mol. The van der Waals surface area contributed by atoms with E-state index in [2.05, 4.69) is 15.0 Å². The molecule has 2 N–H and O–H groups in total. The van der Waals surface area contributed by atoms with Crippen molar-refractivity contribution < 1.29 is 5.11 Å². The lowest BCUT2D eigenvalue weighted by atomic mass is 10.2. The number of benzene rings is 1. The molecule has 0 amide bonds. The summed E-state index contributed by atoms with van der Waals surface area (Å²) in [6, 6.07) is 8.94. The summed E-state index contributed by atoms with van der Waals surface area (Å²) in [4.78, 5) is 13.5. The molecule has 3 aromatic rings. The van der Waals surface area contributed by atoms with Gasteiger partial charge >= 0.3 is 0 Å². The Morgan fingerprint density at radius 1 is 1.11 bits per heavy atom. The highest BCUT2D eigenvalue weighted by molar-refractivity contribution is 5.89. The molecule has 0 fully saturated rings. The largest absolute Gasteiger partial charge is 0.508 e. The van der Waals surface area contributed by atoms with Crippen molar-refractivity contribution in [1.82, 2.24) is 15.0 Å². The van der Waals surface area contributed by atoms with E-state index in [1.807, 2.05) is 36.3 Å². The molecule has 0 saturated heterocycles. The van der Waals surface area contributed by atoms with Crippen molar-refractivity contribution in [2.45, 2.75) is 0 Å². The molecule has 0 bridgehead atoms. The van der Waals surface area contributed by atoms with Gasteiger partial charge in [0.1, 0.15) is 23.5 Å². The summed E-state index contributed by atoms with van der Waals surface area (Å²) in [5, 5.41) is 10.3. The summed E-state index contributed by atoms with van der Waals surface area (Å²) in [7, 11) is 1.93. The molecule has 0 unspecified atom stereocenters. The Labute approximate surface area is 104 Å². The third kappa shape index (κ3) is 1.66. The molecule has 5 heteroatoms. The van der Waals surface area contributed by atoms with E-state index in [1.165, 1.54) is 6.33 Å². The first-order chi connectivity index (χ1) is 8.75. The predicted octanol–water partition coefficient (Wildman–Crippen LogP) is 2.43. The van der Waals surface area contributed by atoms with E-state index >= 15 is 0 Å². The van der Waals surface area contributed by atoms with Gasteiger partial charge in [0.15, 0.2) is 0 Å². The SMILES string of the molecule is CN(c1ccc(O)cc1)c1ncnc2[nH]ccc12. The summed E-state index contributed by atoms with van der Waals surface area (Å²) in [6.45, 7) is 0. The second kappa shape index (κ2) is 4.03. The average Bonchev–Trinajstić information content (AvgIpc) is 2.87. The number of nitrogens with one attached hydrogen (secondary N) is 1. The maximum Gasteiger partial charge on any atom is 0.145 e. The zero-order chi connectivity index (χ0) is 12.5. The molecule has 90 valence electrons. The Morgan fingerprint density at radius 2 is 1.89 bits per heavy atom. The molecule has 0 radical (unpaired) electrons. The number of H-pyrrole nitrogens is 1. The number of aromatic hydroxyl groups is 1. The van der Waals surface area contributed by atoms with E-state index in [9.17, 15) is 5.11 Å². The van der Waals surface area contributed by atoms with Crippen LogP contribution in [0.1, 0.15) is 0 Å². The van der Waals surface area contributed by atoms with Gasteiger partial charge in [-0.1, -0.05) is 0 Å². The van der Waals surface area contributed by atoms with Crippen LogP contribution in [0, 0.1) is 0 Å². The number of hydrogen-bond donors (Lipinski definition) is 2. The minimum Gasteiger partial charge on any atom is -0.508 e. The summed E-state index contributed by atoms with van der Waals surface area (Å²) in [5.74, 6) is 1.08. The zero-order valence-corrected chi connectivity index (χ0v) is 9.83. The number of anilines is 2. The number of hydrogen-bond acceptors (Lipinski definition) is 4. The summed E-state index contributed by atoms with van der Waals surface area (Å²) in [6.07, 6.45) is 3.37. The molecule has 2 aromatic heterocycles. The maximum absolute atomic E-state index is 9.30. The number of fused-ring (bicyclic) bond motifs is 1. The second-order valence-corrected chi connectivity index (χ2v) is 4.01. The monoisotopic (exact) mass is 240 g/mol. The van der Waals surface area contributed by atoms with E-state index in [-0.39, 0.29) is 5.75 Å². The fraction of sp³-hybridized carbons (Fsp3) is 0.0769. The molecule has 0 aliphatic rings. The highest BCUT2D eigenvalue weighted by Crippen LogP contribution is 2.28. The molecular weight excluding hydrogens is 228 g/mol. The maximum atomic E-state index is 9.30. The van der Waals surface area contributed by atoms with Crippen LogP contribution in [0.4, 0.5) is 11.5 Å². The van der Waals surface area contributed by atoms with Gasteiger partial charge in [-0.15, -0.1) is 0 Å². The minimum atomic E-state index is 0.252. The molecule has 1 aromatic carbocycles. The molecule has 0 aliphatic heterocycles. The van der Waals surface area contributed by atoms with E-state index in [0.29, 0.717) is 0 Å². The van der Waals surface area contributed by atoms with Crippen molar-refractivity contribution in [1.29, 1.82) is 0 Å². The van der Waals surface area contributed by atoms with Gasteiger partial charge < -0.3 is 15.0 Å². The summed E-state index contributed by atoms with van der Waals surface area (Å²) < 4.78 is 0. The quantitative estimate of drug-likeness (QED) is 0.722. The molecule has 0 aliphatic carbocycles. The Kier molecular flexibility index (Phi) is 2.37. The van der Waals surface area contributed by atoms with Gasteiger partial charge in [-0.3, -0.25) is 0 Å². The summed E-state index contributed by atoms with van der Waals surface area (Å²) in [5.41, 5.74) is 1.76. The van der Waals surface area contributed by atoms with Gasteiger partial charge in [0.25, 0.3) is 0 Å². The highest BCUT2D eigenvalue weighted by atomic mass is 16.3. The normalized spacial score (nSPS) is 10.7. The van der Waals surface area contributed by atoms with Gasteiger partial charge in [0.2, 0.25) is 0 Å². The fourth-order valence-corrected chi connectivity index (χ4v) is 1.92. The third-order valence-corrected chi connectivity index (χ3v) is 2.89. The van der Waals surface area contributed by atoms with E-state index < -0.39 is 0 Å². The van der Waals surface area contributed by atoms with Crippen molar-refractivity contribution in [3.8, 4) is 5.75 Å². The van der Waals surface area contributed by atoms with Crippen LogP contribution >= 0.6 is 0 Å². The van der Waals surface area contributed by atoms with Gasteiger partial charge in [-0.2, -0.15) is 0 Å². The number of aromatic nitrogens is 3. The van der Waals surface area contributed by atoms with Crippen molar-refractivity contribution >= 4 is 22.5 Å². The van der Waals surface area contributed by atoms with Crippen molar-refractivity contribution in [2.24, 2.45) is 0 Å². The molecule has 0 spiro atoms. The predicted molar refractivity (Wildman–Crippen MR) is 70.1 cm³/mol.